The Morgan fingerprint density at radius 1 is 1.25 bits per heavy atom. The molecule has 0 amide bonds. The quantitative estimate of drug-likeness (QED) is 0.672. The minimum absolute atomic E-state index is 0.458. The first-order valence-corrected chi connectivity index (χ1v) is 4.88. The highest BCUT2D eigenvalue weighted by atomic mass is 16.5. The molecule has 2 aliphatic rings. The van der Waals surface area contributed by atoms with Gasteiger partial charge in [0.15, 0.2) is 0 Å². The van der Waals surface area contributed by atoms with Gasteiger partial charge in [0.05, 0.1) is 25.4 Å². The maximum Gasteiger partial charge on any atom is 0.0699 e. The van der Waals surface area contributed by atoms with Gasteiger partial charge in [0.2, 0.25) is 0 Å². The Morgan fingerprint density at radius 3 is 2.75 bits per heavy atom. The van der Waals surface area contributed by atoms with Crippen LogP contribution in [0.1, 0.15) is 19.3 Å². The third kappa shape index (κ3) is 2.19. The molecule has 3 nitrogen and oxygen atoms in total. The largest absolute Gasteiger partial charge is 0.378 e. The molecule has 0 aromatic heterocycles. The molecule has 0 radical (unpaired) electrons. The lowest BCUT2D eigenvalue weighted by atomic mass is 10.1. The fourth-order valence-corrected chi connectivity index (χ4v) is 1.62. The van der Waals surface area contributed by atoms with Crippen molar-refractivity contribution in [3.8, 4) is 0 Å². The van der Waals surface area contributed by atoms with E-state index in [4.69, 9.17) is 9.47 Å². The van der Waals surface area contributed by atoms with Crippen LogP contribution in [0.15, 0.2) is 0 Å². The summed E-state index contributed by atoms with van der Waals surface area (Å²) in [4.78, 5) is 0. The molecule has 2 heterocycles. The van der Waals surface area contributed by atoms with Gasteiger partial charge in [-0.15, -0.1) is 0 Å². The van der Waals surface area contributed by atoms with Crippen LogP contribution in [-0.2, 0) is 9.47 Å². The van der Waals surface area contributed by atoms with Gasteiger partial charge in [-0.2, -0.15) is 0 Å². The number of rotatable bonds is 3. The van der Waals surface area contributed by atoms with E-state index in [1.54, 1.807) is 0 Å². The van der Waals surface area contributed by atoms with Crippen LogP contribution in [0.3, 0.4) is 0 Å². The molecule has 1 unspecified atom stereocenters. The molecule has 12 heavy (non-hydrogen) atoms. The van der Waals surface area contributed by atoms with Crippen LogP contribution >= 0.6 is 0 Å². The molecular weight excluding hydrogens is 154 g/mol. The maximum absolute atomic E-state index is 5.59. The van der Waals surface area contributed by atoms with E-state index in [0.717, 1.165) is 26.4 Å². The predicted molar refractivity (Wildman–Crippen MR) is 46.2 cm³/mol. The number of nitrogens with one attached hydrogen (secondary N) is 1. The Labute approximate surface area is 73.4 Å². The van der Waals surface area contributed by atoms with E-state index in [0.29, 0.717) is 12.1 Å². The first-order valence-electron chi connectivity index (χ1n) is 4.88. The Hall–Kier alpha value is -0.120. The van der Waals surface area contributed by atoms with E-state index in [1.165, 1.54) is 19.3 Å². The summed E-state index contributed by atoms with van der Waals surface area (Å²) in [5.74, 6) is 0. The lowest BCUT2D eigenvalue weighted by molar-refractivity contribution is -0.0241. The normalized spacial score (nSPS) is 31.5. The second-order valence-corrected chi connectivity index (χ2v) is 3.63. The Morgan fingerprint density at radius 2 is 2.17 bits per heavy atom. The van der Waals surface area contributed by atoms with Gasteiger partial charge >= 0.3 is 0 Å². The third-order valence-corrected chi connectivity index (χ3v) is 2.55. The first-order chi connectivity index (χ1) is 5.95. The summed E-state index contributed by atoms with van der Waals surface area (Å²) in [6, 6.07) is 0.593. The Balaban J connectivity index is 1.58. The molecule has 70 valence electrons. The molecule has 3 heteroatoms. The summed E-state index contributed by atoms with van der Waals surface area (Å²) in [7, 11) is 0. The molecule has 0 aromatic carbocycles. The van der Waals surface area contributed by atoms with E-state index in [2.05, 4.69) is 5.32 Å². The fourth-order valence-electron chi connectivity index (χ4n) is 1.62. The van der Waals surface area contributed by atoms with Gasteiger partial charge in [-0.1, -0.05) is 0 Å². The van der Waals surface area contributed by atoms with Crippen molar-refractivity contribution in [3.05, 3.63) is 0 Å². The molecule has 2 fully saturated rings. The molecular formula is C9H17NO2. The molecule has 2 saturated heterocycles. The van der Waals surface area contributed by atoms with E-state index < -0.39 is 0 Å². The van der Waals surface area contributed by atoms with Gasteiger partial charge < -0.3 is 14.8 Å². The molecule has 0 spiro atoms. The van der Waals surface area contributed by atoms with Crippen molar-refractivity contribution in [3.63, 3.8) is 0 Å². The van der Waals surface area contributed by atoms with Crippen molar-refractivity contribution >= 4 is 0 Å². The van der Waals surface area contributed by atoms with E-state index in [1.807, 2.05) is 0 Å². The van der Waals surface area contributed by atoms with Crippen molar-refractivity contribution in [2.75, 3.05) is 26.4 Å². The highest BCUT2D eigenvalue weighted by molar-refractivity contribution is 4.76. The summed E-state index contributed by atoms with van der Waals surface area (Å²) in [5, 5.41) is 3.44. The standard InChI is InChI=1S/C9H17NO2/c1-2-4-12-9(3-1)5-10-8-6-11-7-8/h8-10H,1-7H2. The fraction of sp³-hybridized carbons (Fsp3) is 1.00. The van der Waals surface area contributed by atoms with Crippen molar-refractivity contribution in [1.82, 2.24) is 5.32 Å². The highest BCUT2D eigenvalue weighted by Crippen LogP contribution is 2.12. The topological polar surface area (TPSA) is 30.5 Å². The Kier molecular flexibility index (Phi) is 2.98. The summed E-state index contributed by atoms with van der Waals surface area (Å²) in [6.07, 6.45) is 4.25. The van der Waals surface area contributed by atoms with Crippen LogP contribution in [0.25, 0.3) is 0 Å². The van der Waals surface area contributed by atoms with Crippen LogP contribution in [0.4, 0.5) is 0 Å². The molecule has 2 aliphatic heterocycles. The molecule has 0 aromatic rings. The van der Waals surface area contributed by atoms with Crippen LogP contribution in [-0.4, -0.2) is 38.5 Å². The predicted octanol–water partition coefficient (Wildman–Crippen LogP) is 0.544. The first kappa shape index (κ1) is 8.48. The van der Waals surface area contributed by atoms with Gasteiger partial charge in [-0.05, 0) is 19.3 Å². The van der Waals surface area contributed by atoms with Crippen LogP contribution in [0, 0.1) is 0 Å². The lowest BCUT2D eigenvalue weighted by Gasteiger charge is -2.30. The van der Waals surface area contributed by atoms with Gasteiger partial charge in [-0.25, -0.2) is 0 Å². The van der Waals surface area contributed by atoms with Crippen molar-refractivity contribution in [1.29, 1.82) is 0 Å². The number of ether oxygens (including phenoxy) is 2. The smallest absolute Gasteiger partial charge is 0.0699 e. The molecule has 0 bridgehead atoms. The lowest BCUT2D eigenvalue weighted by Crippen LogP contribution is -2.49. The average Bonchev–Trinajstić information content (AvgIpc) is 2.04. The minimum atomic E-state index is 0.458. The number of hydrogen-bond donors (Lipinski definition) is 1. The second-order valence-electron chi connectivity index (χ2n) is 3.63. The molecule has 0 aliphatic carbocycles. The van der Waals surface area contributed by atoms with Gasteiger partial charge in [-0.3, -0.25) is 0 Å². The highest BCUT2D eigenvalue weighted by Gasteiger charge is 2.20. The van der Waals surface area contributed by atoms with Gasteiger partial charge in [0.25, 0.3) is 0 Å². The zero-order valence-corrected chi connectivity index (χ0v) is 7.42. The minimum Gasteiger partial charge on any atom is -0.378 e. The average molecular weight is 171 g/mol. The van der Waals surface area contributed by atoms with Crippen LogP contribution < -0.4 is 5.32 Å². The van der Waals surface area contributed by atoms with Crippen LogP contribution in [0.5, 0.6) is 0 Å². The monoisotopic (exact) mass is 171 g/mol. The van der Waals surface area contributed by atoms with E-state index >= 15 is 0 Å². The second kappa shape index (κ2) is 4.21. The van der Waals surface area contributed by atoms with Crippen molar-refractivity contribution in [2.45, 2.75) is 31.4 Å². The maximum atomic E-state index is 5.59. The molecule has 0 saturated carbocycles. The zero-order chi connectivity index (χ0) is 8.23. The molecule has 1 atom stereocenters. The SMILES string of the molecule is C1CCC(CNC2COC2)OC1. The summed E-state index contributed by atoms with van der Waals surface area (Å²) in [6.45, 7) is 3.72. The van der Waals surface area contributed by atoms with Gasteiger partial charge in [0.1, 0.15) is 0 Å². The molecule has 2 rings (SSSR count). The third-order valence-electron chi connectivity index (χ3n) is 2.55. The Bertz CT molecular complexity index is 130. The summed E-state index contributed by atoms with van der Waals surface area (Å²) < 4.78 is 10.7. The van der Waals surface area contributed by atoms with Crippen molar-refractivity contribution in [2.24, 2.45) is 0 Å². The van der Waals surface area contributed by atoms with E-state index in [9.17, 15) is 0 Å². The number of hydrogen-bond acceptors (Lipinski definition) is 3. The van der Waals surface area contributed by atoms with Gasteiger partial charge in [0, 0.05) is 13.2 Å². The van der Waals surface area contributed by atoms with Crippen molar-refractivity contribution < 1.29 is 9.47 Å². The molecule has 1 N–H and O–H groups in total. The van der Waals surface area contributed by atoms with E-state index in [-0.39, 0.29) is 0 Å². The summed E-state index contributed by atoms with van der Waals surface area (Å²) >= 11 is 0. The van der Waals surface area contributed by atoms with Crippen LogP contribution in [0.2, 0.25) is 0 Å². The summed E-state index contributed by atoms with van der Waals surface area (Å²) in [5.41, 5.74) is 0. The zero-order valence-electron chi connectivity index (χ0n) is 7.42.